The number of aromatic nitrogens is 1. The number of para-hydroxylation sites is 1. The molecule has 4 rings (SSSR count). The van der Waals surface area contributed by atoms with Crippen molar-refractivity contribution >= 4 is 16.8 Å². The number of nitrogens with one attached hydrogen (secondary N) is 2. The molecule has 2 aromatic heterocycles. The van der Waals surface area contributed by atoms with Gasteiger partial charge in [0.2, 0.25) is 0 Å². The number of amides is 1. The van der Waals surface area contributed by atoms with Gasteiger partial charge in [-0.15, -0.1) is 0 Å². The van der Waals surface area contributed by atoms with Crippen molar-refractivity contribution in [1.82, 2.24) is 10.3 Å². The maximum Gasteiger partial charge on any atom is 0.268 e. The van der Waals surface area contributed by atoms with Gasteiger partial charge in [-0.25, -0.2) is 0 Å². The van der Waals surface area contributed by atoms with Crippen molar-refractivity contribution < 1.29 is 9.21 Å². The van der Waals surface area contributed by atoms with Crippen LogP contribution in [0.15, 0.2) is 41.2 Å². The molecular weight excluding hydrogens is 240 g/mol. The maximum atomic E-state index is 11.9. The number of hydrogen-bond acceptors (Lipinski definition) is 2. The standard InChI is InChI=1S/C15H12N2O2/c18-15-14-12(4-6-16-15)11-3-1-2-10(13(11)17-14)9-5-7-19-8-9/h1-3,5,7-8,17H,4,6H2,(H,16,18). The van der Waals surface area contributed by atoms with Gasteiger partial charge in [-0.2, -0.15) is 0 Å². The molecular formula is C15H12N2O2. The fourth-order valence-corrected chi connectivity index (χ4v) is 2.77. The molecule has 0 spiro atoms. The largest absolute Gasteiger partial charge is 0.472 e. The summed E-state index contributed by atoms with van der Waals surface area (Å²) in [5.41, 5.74) is 4.89. The Balaban J connectivity index is 2.05. The minimum Gasteiger partial charge on any atom is -0.472 e. The molecule has 0 saturated heterocycles. The smallest absolute Gasteiger partial charge is 0.268 e. The molecule has 0 aliphatic carbocycles. The van der Waals surface area contributed by atoms with E-state index in [0.717, 1.165) is 34.0 Å². The van der Waals surface area contributed by atoms with E-state index in [4.69, 9.17) is 4.42 Å². The Kier molecular flexibility index (Phi) is 2.06. The first-order valence-corrected chi connectivity index (χ1v) is 6.29. The average Bonchev–Trinajstić information content (AvgIpc) is 3.06. The molecule has 1 aromatic carbocycles. The van der Waals surface area contributed by atoms with Gasteiger partial charge in [0, 0.05) is 23.1 Å². The molecule has 0 unspecified atom stereocenters. The second-order valence-electron chi connectivity index (χ2n) is 4.72. The summed E-state index contributed by atoms with van der Waals surface area (Å²) >= 11 is 0. The first-order chi connectivity index (χ1) is 9.34. The van der Waals surface area contributed by atoms with E-state index in [1.165, 1.54) is 0 Å². The minimum atomic E-state index is -0.0180. The van der Waals surface area contributed by atoms with Gasteiger partial charge >= 0.3 is 0 Å². The van der Waals surface area contributed by atoms with Gasteiger partial charge in [0.05, 0.1) is 18.0 Å². The zero-order valence-electron chi connectivity index (χ0n) is 10.2. The van der Waals surface area contributed by atoms with Crippen LogP contribution in [-0.4, -0.2) is 17.4 Å². The number of carbonyl (C=O) groups excluding carboxylic acids is 1. The van der Waals surface area contributed by atoms with E-state index in [2.05, 4.69) is 16.4 Å². The summed E-state index contributed by atoms with van der Waals surface area (Å²) in [6.07, 6.45) is 4.24. The number of carbonyl (C=O) groups is 1. The normalized spacial score (nSPS) is 14.4. The molecule has 4 heteroatoms. The van der Waals surface area contributed by atoms with Crippen LogP contribution in [0.25, 0.3) is 22.0 Å². The van der Waals surface area contributed by atoms with Crippen LogP contribution in [0.3, 0.4) is 0 Å². The number of H-pyrrole nitrogens is 1. The highest BCUT2D eigenvalue weighted by atomic mass is 16.3. The van der Waals surface area contributed by atoms with Crippen molar-refractivity contribution in [2.24, 2.45) is 0 Å². The van der Waals surface area contributed by atoms with Crippen molar-refractivity contribution in [1.29, 1.82) is 0 Å². The lowest BCUT2D eigenvalue weighted by atomic mass is 10.0. The number of rotatable bonds is 1. The SMILES string of the molecule is O=C1NCCc2c1[nH]c1c(-c3ccoc3)cccc21. The molecule has 0 radical (unpaired) electrons. The zero-order chi connectivity index (χ0) is 12.8. The van der Waals surface area contributed by atoms with Gasteiger partial charge in [-0.1, -0.05) is 18.2 Å². The molecule has 2 N–H and O–H groups in total. The molecule has 1 aliphatic rings. The lowest BCUT2D eigenvalue weighted by molar-refractivity contribution is 0.0942. The third-order valence-corrected chi connectivity index (χ3v) is 3.66. The number of benzene rings is 1. The summed E-state index contributed by atoms with van der Waals surface area (Å²) in [6, 6.07) is 8.04. The molecule has 3 aromatic rings. The Hall–Kier alpha value is -2.49. The number of fused-ring (bicyclic) bond motifs is 3. The predicted octanol–water partition coefficient (Wildman–Crippen LogP) is 2.71. The zero-order valence-corrected chi connectivity index (χ0v) is 10.2. The Morgan fingerprint density at radius 2 is 2.16 bits per heavy atom. The van der Waals surface area contributed by atoms with Crippen molar-refractivity contribution in [3.8, 4) is 11.1 Å². The fraction of sp³-hybridized carbons (Fsp3) is 0.133. The first kappa shape index (κ1) is 10.4. The lowest BCUT2D eigenvalue weighted by Crippen LogP contribution is -2.31. The van der Waals surface area contributed by atoms with E-state index in [-0.39, 0.29) is 5.91 Å². The van der Waals surface area contributed by atoms with E-state index in [0.29, 0.717) is 12.2 Å². The van der Waals surface area contributed by atoms with Crippen LogP contribution in [0.2, 0.25) is 0 Å². The van der Waals surface area contributed by atoms with Crippen molar-refractivity contribution in [3.63, 3.8) is 0 Å². The highest BCUT2D eigenvalue weighted by Gasteiger charge is 2.22. The van der Waals surface area contributed by atoms with Crippen LogP contribution in [0.4, 0.5) is 0 Å². The Morgan fingerprint density at radius 1 is 1.21 bits per heavy atom. The van der Waals surface area contributed by atoms with E-state index in [1.807, 2.05) is 18.2 Å². The van der Waals surface area contributed by atoms with Crippen molar-refractivity contribution in [2.45, 2.75) is 6.42 Å². The number of hydrogen-bond donors (Lipinski definition) is 2. The first-order valence-electron chi connectivity index (χ1n) is 6.29. The second-order valence-corrected chi connectivity index (χ2v) is 4.72. The van der Waals surface area contributed by atoms with Crippen molar-refractivity contribution in [2.75, 3.05) is 6.54 Å². The summed E-state index contributed by atoms with van der Waals surface area (Å²) in [4.78, 5) is 15.2. The summed E-state index contributed by atoms with van der Waals surface area (Å²) in [7, 11) is 0. The van der Waals surface area contributed by atoms with Gasteiger partial charge < -0.3 is 14.7 Å². The molecule has 4 nitrogen and oxygen atoms in total. The summed E-state index contributed by atoms with van der Waals surface area (Å²) in [5, 5.41) is 3.99. The minimum absolute atomic E-state index is 0.0180. The molecule has 0 saturated carbocycles. The summed E-state index contributed by atoms with van der Waals surface area (Å²) in [6.45, 7) is 0.703. The lowest BCUT2D eigenvalue weighted by Gasteiger charge is -2.11. The topological polar surface area (TPSA) is 58.0 Å². The van der Waals surface area contributed by atoms with Gasteiger partial charge in [0.15, 0.2) is 0 Å². The van der Waals surface area contributed by atoms with Gasteiger partial charge in [0.1, 0.15) is 5.69 Å². The molecule has 19 heavy (non-hydrogen) atoms. The molecule has 0 atom stereocenters. The highest BCUT2D eigenvalue weighted by Crippen LogP contribution is 2.32. The van der Waals surface area contributed by atoms with Crippen LogP contribution in [-0.2, 0) is 6.42 Å². The molecule has 0 bridgehead atoms. The van der Waals surface area contributed by atoms with E-state index in [9.17, 15) is 4.79 Å². The monoisotopic (exact) mass is 252 g/mol. The summed E-state index contributed by atoms with van der Waals surface area (Å²) in [5.74, 6) is -0.0180. The summed E-state index contributed by atoms with van der Waals surface area (Å²) < 4.78 is 5.15. The number of furan rings is 1. The van der Waals surface area contributed by atoms with Gasteiger partial charge in [0.25, 0.3) is 5.91 Å². The number of aromatic amines is 1. The third-order valence-electron chi connectivity index (χ3n) is 3.66. The average molecular weight is 252 g/mol. The van der Waals surface area contributed by atoms with Gasteiger partial charge in [-0.3, -0.25) is 4.79 Å². The third kappa shape index (κ3) is 1.43. The maximum absolute atomic E-state index is 11.9. The van der Waals surface area contributed by atoms with Crippen molar-refractivity contribution in [3.05, 3.63) is 48.0 Å². The molecule has 1 amide bonds. The van der Waals surface area contributed by atoms with E-state index in [1.54, 1.807) is 12.5 Å². The predicted molar refractivity (Wildman–Crippen MR) is 72.0 cm³/mol. The Labute approximate surface area is 109 Å². The Morgan fingerprint density at radius 3 is 3.00 bits per heavy atom. The highest BCUT2D eigenvalue weighted by molar-refractivity contribution is 6.05. The molecule has 94 valence electrons. The van der Waals surface area contributed by atoms with E-state index >= 15 is 0 Å². The van der Waals surface area contributed by atoms with Crippen LogP contribution in [0.5, 0.6) is 0 Å². The van der Waals surface area contributed by atoms with Crippen LogP contribution < -0.4 is 5.32 Å². The molecule has 3 heterocycles. The second kappa shape index (κ2) is 3.75. The van der Waals surface area contributed by atoms with Crippen LogP contribution in [0.1, 0.15) is 16.1 Å². The van der Waals surface area contributed by atoms with Crippen LogP contribution >= 0.6 is 0 Å². The quantitative estimate of drug-likeness (QED) is 0.699. The van der Waals surface area contributed by atoms with E-state index < -0.39 is 0 Å². The van der Waals surface area contributed by atoms with Gasteiger partial charge in [-0.05, 0) is 18.1 Å². The van der Waals surface area contributed by atoms with Crippen LogP contribution in [0, 0.1) is 0 Å². The Bertz CT molecular complexity index is 769. The fourth-order valence-electron chi connectivity index (χ4n) is 2.77. The molecule has 0 fully saturated rings. The molecule has 1 aliphatic heterocycles.